The number of carbonyl (C=O) groups is 1. The standard InChI is InChI=1S/C23H17F3N2O2/c1-14-19-9-4-10-20(16-6-3-7-17(12-16)22(29)30)21(19)27-28(14)13-15-5-2-8-18(11-15)23(24,25)26/h2-12H,13H2,1H3,(H,29,30). The second kappa shape index (κ2) is 7.33. The molecule has 152 valence electrons. The van der Waals surface area contributed by atoms with E-state index in [1.165, 1.54) is 12.1 Å². The van der Waals surface area contributed by atoms with Gasteiger partial charge in [0.15, 0.2) is 0 Å². The highest BCUT2D eigenvalue weighted by Crippen LogP contribution is 2.32. The molecule has 30 heavy (non-hydrogen) atoms. The summed E-state index contributed by atoms with van der Waals surface area (Å²) in [6, 6.07) is 17.4. The van der Waals surface area contributed by atoms with Crippen molar-refractivity contribution in [3.05, 3.63) is 89.1 Å². The van der Waals surface area contributed by atoms with Crippen molar-refractivity contribution in [3.8, 4) is 11.1 Å². The SMILES string of the molecule is Cc1c2cccc(-c3cccc(C(=O)O)c3)c2nn1Cc1cccc(C(F)(F)F)c1. The number of alkyl halides is 3. The zero-order valence-electron chi connectivity index (χ0n) is 15.9. The number of hydrogen-bond donors (Lipinski definition) is 1. The van der Waals surface area contributed by atoms with Gasteiger partial charge in [-0.3, -0.25) is 4.68 Å². The number of carboxylic acid groups (broad SMARTS) is 1. The molecule has 0 amide bonds. The van der Waals surface area contributed by atoms with Gasteiger partial charge in [-0.05, 0) is 42.3 Å². The van der Waals surface area contributed by atoms with Gasteiger partial charge in [-0.2, -0.15) is 18.3 Å². The van der Waals surface area contributed by atoms with E-state index in [2.05, 4.69) is 5.10 Å². The maximum absolute atomic E-state index is 13.0. The first-order valence-corrected chi connectivity index (χ1v) is 9.20. The van der Waals surface area contributed by atoms with Gasteiger partial charge >= 0.3 is 12.1 Å². The second-order valence-corrected chi connectivity index (χ2v) is 7.03. The van der Waals surface area contributed by atoms with Crippen LogP contribution in [0.3, 0.4) is 0 Å². The molecule has 0 atom stereocenters. The van der Waals surface area contributed by atoms with Crippen LogP contribution < -0.4 is 0 Å². The molecule has 0 unspecified atom stereocenters. The predicted molar refractivity (Wildman–Crippen MR) is 107 cm³/mol. The largest absolute Gasteiger partial charge is 0.478 e. The number of nitrogens with zero attached hydrogens (tertiary/aromatic N) is 2. The second-order valence-electron chi connectivity index (χ2n) is 7.03. The molecule has 4 rings (SSSR count). The Morgan fingerprint density at radius 3 is 2.50 bits per heavy atom. The average molecular weight is 410 g/mol. The van der Waals surface area contributed by atoms with Gasteiger partial charge in [0, 0.05) is 16.6 Å². The number of carboxylic acids is 1. The van der Waals surface area contributed by atoms with Crippen LogP contribution in [0.15, 0.2) is 66.7 Å². The Labute approximate surface area is 170 Å². The molecule has 7 heteroatoms. The van der Waals surface area contributed by atoms with Gasteiger partial charge in [0.2, 0.25) is 0 Å². The summed E-state index contributed by atoms with van der Waals surface area (Å²) in [6.45, 7) is 2.05. The molecule has 0 aliphatic carbocycles. The quantitative estimate of drug-likeness (QED) is 0.464. The van der Waals surface area contributed by atoms with Gasteiger partial charge in [-0.1, -0.05) is 42.5 Å². The zero-order valence-corrected chi connectivity index (χ0v) is 15.9. The molecular formula is C23H17F3N2O2. The highest BCUT2D eigenvalue weighted by Gasteiger charge is 2.30. The average Bonchev–Trinajstić information content (AvgIpc) is 3.03. The van der Waals surface area contributed by atoms with Gasteiger partial charge in [-0.25, -0.2) is 4.79 Å². The number of rotatable bonds is 4. The van der Waals surface area contributed by atoms with E-state index in [9.17, 15) is 23.1 Å². The van der Waals surface area contributed by atoms with Gasteiger partial charge < -0.3 is 5.11 Å². The van der Waals surface area contributed by atoms with Crippen LogP contribution in [0.4, 0.5) is 13.2 Å². The van der Waals surface area contributed by atoms with E-state index in [-0.39, 0.29) is 12.1 Å². The predicted octanol–water partition coefficient (Wildman–Crippen LogP) is 5.78. The monoisotopic (exact) mass is 410 g/mol. The van der Waals surface area contributed by atoms with Crippen LogP contribution in [0.5, 0.6) is 0 Å². The third kappa shape index (κ3) is 3.66. The maximum Gasteiger partial charge on any atom is 0.416 e. The first kappa shape index (κ1) is 19.7. The van der Waals surface area contributed by atoms with E-state index in [1.807, 2.05) is 31.2 Å². The number of aryl methyl sites for hydroxylation is 1. The van der Waals surface area contributed by atoms with Crippen LogP contribution in [0.25, 0.3) is 22.0 Å². The van der Waals surface area contributed by atoms with Crippen molar-refractivity contribution in [2.45, 2.75) is 19.6 Å². The van der Waals surface area contributed by atoms with Crippen molar-refractivity contribution >= 4 is 16.9 Å². The summed E-state index contributed by atoms with van der Waals surface area (Å²) in [5, 5.41) is 14.8. The number of hydrogen-bond acceptors (Lipinski definition) is 2. The Morgan fingerprint density at radius 2 is 1.77 bits per heavy atom. The third-order valence-electron chi connectivity index (χ3n) is 5.04. The molecule has 0 saturated carbocycles. The van der Waals surface area contributed by atoms with E-state index in [4.69, 9.17) is 0 Å². The summed E-state index contributed by atoms with van der Waals surface area (Å²) < 4.78 is 40.7. The van der Waals surface area contributed by atoms with Crippen molar-refractivity contribution in [3.63, 3.8) is 0 Å². The number of aromatic nitrogens is 2. The number of benzene rings is 3. The van der Waals surface area contributed by atoms with Crippen molar-refractivity contribution in [1.82, 2.24) is 9.78 Å². The molecule has 0 bridgehead atoms. The van der Waals surface area contributed by atoms with Crippen LogP contribution >= 0.6 is 0 Å². The summed E-state index contributed by atoms with van der Waals surface area (Å²) in [6.07, 6.45) is -4.40. The Balaban J connectivity index is 1.78. The molecule has 0 aliphatic rings. The third-order valence-corrected chi connectivity index (χ3v) is 5.04. The van der Waals surface area contributed by atoms with Crippen LogP contribution in [-0.4, -0.2) is 20.9 Å². The highest BCUT2D eigenvalue weighted by molar-refractivity contribution is 5.97. The molecule has 0 spiro atoms. The fourth-order valence-corrected chi connectivity index (χ4v) is 3.50. The molecule has 1 heterocycles. The number of halogens is 3. The Bertz CT molecular complexity index is 1260. The summed E-state index contributed by atoms with van der Waals surface area (Å²) in [5.41, 5.74) is 2.94. The molecule has 0 fully saturated rings. The molecule has 0 radical (unpaired) electrons. The Morgan fingerprint density at radius 1 is 1.03 bits per heavy atom. The lowest BCUT2D eigenvalue weighted by molar-refractivity contribution is -0.137. The lowest BCUT2D eigenvalue weighted by Crippen LogP contribution is -2.08. The van der Waals surface area contributed by atoms with Crippen molar-refractivity contribution < 1.29 is 23.1 Å². The fourth-order valence-electron chi connectivity index (χ4n) is 3.50. The van der Waals surface area contributed by atoms with E-state index in [1.54, 1.807) is 22.9 Å². The summed E-state index contributed by atoms with van der Waals surface area (Å²) in [5.74, 6) is -1.02. The Kier molecular flexibility index (Phi) is 4.81. The van der Waals surface area contributed by atoms with Gasteiger partial charge in [-0.15, -0.1) is 0 Å². The lowest BCUT2D eigenvalue weighted by atomic mass is 10.0. The topological polar surface area (TPSA) is 55.1 Å². The van der Waals surface area contributed by atoms with Crippen molar-refractivity contribution in [1.29, 1.82) is 0 Å². The fraction of sp³-hybridized carbons (Fsp3) is 0.130. The smallest absolute Gasteiger partial charge is 0.416 e. The first-order valence-electron chi connectivity index (χ1n) is 9.20. The molecule has 1 N–H and O–H groups in total. The first-order chi connectivity index (χ1) is 14.2. The molecular weight excluding hydrogens is 393 g/mol. The lowest BCUT2D eigenvalue weighted by Gasteiger charge is -2.09. The molecule has 4 aromatic rings. The summed E-state index contributed by atoms with van der Waals surface area (Å²) in [7, 11) is 0. The van der Waals surface area contributed by atoms with Gasteiger partial charge in [0.05, 0.1) is 17.7 Å². The maximum atomic E-state index is 13.0. The van der Waals surface area contributed by atoms with E-state index in [0.29, 0.717) is 16.6 Å². The minimum atomic E-state index is -4.40. The molecule has 4 nitrogen and oxygen atoms in total. The number of fused-ring (bicyclic) bond motifs is 1. The normalized spacial score (nSPS) is 11.7. The minimum Gasteiger partial charge on any atom is -0.478 e. The highest BCUT2D eigenvalue weighted by atomic mass is 19.4. The molecule has 0 aliphatic heterocycles. The van der Waals surface area contributed by atoms with Gasteiger partial charge in [0.25, 0.3) is 0 Å². The van der Waals surface area contributed by atoms with Gasteiger partial charge in [0.1, 0.15) is 5.52 Å². The summed E-state index contributed by atoms with van der Waals surface area (Å²) in [4.78, 5) is 11.3. The van der Waals surface area contributed by atoms with E-state index in [0.717, 1.165) is 28.8 Å². The minimum absolute atomic E-state index is 0.171. The van der Waals surface area contributed by atoms with E-state index < -0.39 is 17.7 Å². The zero-order chi connectivity index (χ0) is 21.5. The molecule has 0 saturated heterocycles. The van der Waals surface area contributed by atoms with Crippen LogP contribution in [0, 0.1) is 6.92 Å². The van der Waals surface area contributed by atoms with Crippen LogP contribution in [0.1, 0.15) is 27.2 Å². The van der Waals surface area contributed by atoms with Crippen LogP contribution in [0.2, 0.25) is 0 Å². The van der Waals surface area contributed by atoms with Crippen LogP contribution in [-0.2, 0) is 12.7 Å². The van der Waals surface area contributed by atoms with Crippen molar-refractivity contribution in [2.75, 3.05) is 0 Å². The summed E-state index contributed by atoms with van der Waals surface area (Å²) >= 11 is 0. The molecule has 3 aromatic carbocycles. The van der Waals surface area contributed by atoms with E-state index >= 15 is 0 Å². The Hall–Kier alpha value is -3.61. The number of aromatic carboxylic acids is 1. The molecule has 1 aromatic heterocycles. The van der Waals surface area contributed by atoms with Crippen molar-refractivity contribution in [2.24, 2.45) is 0 Å².